The number of fused-ring (bicyclic) bond motifs is 2. The summed E-state index contributed by atoms with van der Waals surface area (Å²) in [7, 11) is 0. The SMILES string of the molecule is Oc1cc(F)cc(-c2cccc3[nH]c(-c4n[nH]c5cnc(-c6cncc(OC7CCNCC7)c6)cc45)cc23)c1. The van der Waals surface area contributed by atoms with E-state index in [9.17, 15) is 9.50 Å². The lowest BCUT2D eigenvalue weighted by atomic mass is 10.0. The number of phenols is 1. The smallest absolute Gasteiger partial charge is 0.138 e. The molecule has 1 saturated heterocycles. The number of rotatable bonds is 5. The molecular weight excluding hydrogens is 495 g/mol. The van der Waals surface area contributed by atoms with E-state index in [-0.39, 0.29) is 11.9 Å². The van der Waals surface area contributed by atoms with Gasteiger partial charge in [0, 0.05) is 34.1 Å². The lowest BCUT2D eigenvalue weighted by molar-refractivity contribution is 0.162. The average Bonchev–Trinajstić information content (AvgIpc) is 3.57. The number of phenolic OH excluding ortho intramolecular Hbond substituents is 1. The van der Waals surface area contributed by atoms with E-state index in [1.165, 1.54) is 6.07 Å². The summed E-state index contributed by atoms with van der Waals surface area (Å²) in [6, 6.07) is 15.8. The number of aromatic hydroxyl groups is 1. The van der Waals surface area contributed by atoms with E-state index in [0.717, 1.165) is 87.8 Å². The van der Waals surface area contributed by atoms with E-state index in [1.807, 2.05) is 36.4 Å². The first kappa shape index (κ1) is 23.4. The molecular formula is C30H25FN6O2. The molecule has 194 valence electrons. The van der Waals surface area contributed by atoms with Crippen molar-refractivity contribution in [3.05, 3.63) is 79.0 Å². The molecule has 5 heterocycles. The number of benzene rings is 2. The Morgan fingerprint density at radius 3 is 2.67 bits per heavy atom. The first-order valence-electron chi connectivity index (χ1n) is 12.9. The zero-order chi connectivity index (χ0) is 26.3. The highest BCUT2D eigenvalue weighted by Crippen LogP contribution is 2.36. The van der Waals surface area contributed by atoms with Crippen LogP contribution in [0.25, 0.3) is 55.6 Å². The minimum absolute atomic E-state index is 0.115. The number of aromatic amines is 2. The molecule has 0 saturated carbocycles. The fourth-order valence-electron chi connectivity index (χ4n) is 5.27. The second-order valence-electron chi connectivity index (χ2n) is 9.81. The number of aromatic nitrogens is 5. The van der Waals surface area contributed by atoms with Crippen LogP contribution >= 0.6 is 0 Å². The van der Waals surface area contributed by atoms with Crippen LogP contribution < -0.4 is 10.1 Å². The number of ether oxygens (including phenoxy) is 1. The largest absolute Gasteiger partial charge is 0.508 e. The summed E-state index contributed by atoms with van der Waals surface area (Å²) in [5.74, 6) is 0.131. The molecule has 7 rings (SSSR count). The van der Waals surface area contributed by atoms with Crippen LogP contribution in [0, 0.1) is 5.82 Å². The van der Waals surface area contributed by atoms with Crippen molar-refractivity contribution in [2.75, 3.05) is 13.1 Å². The molecule has 1 aliphatic rings. The van der Waals surface area contributed by atoms with Crippen LogP contribution in [0.5, 0.6) is 11.5 Å². The van der Waals surface area contributed by atoms with Crippen molar-refractivity contribution in [2.45, 2.75) is 18.9 Å². The lowest BCUT2D eigenvalue weighted by Gasteiger charge is -2.23. The van der Waals surface area contributed by atoms with Gasteiger partial charge < -0.3 is 20.1 Å². The number of nitrogens with one attached hydrogen (secondary N) is 3. The Balaban J connectivity index is 1.26. The Bertz CT molecular complexity index is 1800. The highest BCUT2D eigenvalue weighted by Gasteiger charge is 2.17. The molecule has 0 bridgehead atoms. The van der Waals surface area contributed by atoms with Crippen LogP contribution in [0.2, 0.25) is 0 Å². The minimum Gasteiger partial charge on any atom is -0.508 e. The van der Waals surface area contributed by atoms with Gasteiger partial charge in [-0.25, -0.2) is 4.39 Å². The van der Waals surface area contributed by atoms with Gasteiger partial charge in [-0.05, 0) is 73.5 Å². The summed E-state index contributed by atoms with van der Waals surface area (Å²) >= 11 is 0. The number of piperidine rings is 1. The first-order valence-corrected chi connectivity index (χ1v) is 12.9. The second kappa shape index (κ2) is 9.52. The van der Waals surface area contributed by atoms with Crippen LogP contribution in [-0.4, -0.2) is 49.4 Å². The Hall–Kier alpha value is -4.76. The number of H-pyrrole nitrogens is 2. The lowest BCUT2D eigenvalue weighted by Crippen LogP contribution is -2.34. The van der Waals surface area contributed by atoms with Crippen molar-refractivity contribution < 1.29 is 14.2 Å². The van der Waals surface area contributed by atoms with Crippen molar-refractivity contribution in [3.8, 4) is 45.3 Å². The number of hydrogen-bond acceptors (Lipinski definition) is 6. The van der Waals surface area contributed by atoms with Crippen LogP contribution in [-0.2, 0) is 0 Å². The fourth-order valence-corrected chi connectivity index (χ4v) is 5.27. The predicted molar refractivity (Wildman–Crippen MR) is 148 cm³/mol. The van der Waals surface area contributed by atoms with Crippen molar-refractivity contribution in [2.24, 2.45) is 0 Å². The normalized spacial score (nSPS) is 14.3. The van der Waals surface area contributed by atoms with Gasteiger partial charge in [0.1, 0.15) is 29.1 Å². The molecule has 2 aromatic carbocycles. The topological polar surface area (TPSA) is 112 Å². The van der Waals surface area contributed by atoms with Crippen molar-refractivity contribution >= 4 is 21.8 Å². The number of nitrogens with zero attached hydrogens (tertiary/aromatic N) is 3. The van der Waals surface area contributed by atoms with Gasteiger partial charge >= 0.3 is 0 Å². The molecule has 0 atom stereocenters. The van der Waals surface area contributed by atoms with Gasteiger partial charge in [0.25, 0.3) is 0 Å². The molecule has 0 amide bonds. The highest BCUT2D eigenvalue weighted by molar-refractivity contribution is 6.01. The number of pyridine rings is 2. The fraction of sp³-hybridized carbons (Fsp3) is 0.167. The predicted octanol–water partition coefficient (Wildman–Crippen LogP) is 5.81. The zero-order valence-electron chi connectivity index (χ0n) is 20.9. The summed E-state index contributed by atoms with van der Waals surface area (Å²) in [5, 5.41) is 22.7. The molecule has 0 spiro atoms. The summed E-state index contributed by atoms with van der Waals surface area (Å²) < 4.78 is 20.2. The molecule has 1 aliphatic heterocycles. The Morgan fingerprint density at radius 1 is 0.897 bits per heavy atom. The Morgan fingerprint density at radius 2 is 1.79 bits per heavy atom. The Kier molecular flexibility index (Phi) is 5.70. The third kappa shape index (κ3) is 4.46. The maximum absolute atomic E-state index is 14.0. The van der Waals surface area contributed by atoms with Gasteiger partial charge in [-0.3, -0.25) is 15.1 Å². The van der Waals surface area contributed by atoms with Crippen LogP contribution in [0.1, 0.15) is 12.8 Å². The summed E-state index contributed by atoms with van der Waals surface area (Å²) in [4.78, 5) is 12.5. The van der Waals surface area contributed by atoms with Gasteiger partial charge in [0.15, 0.2) is 0 Å². The number of halogens is 1. The molecule has 39 heavy (non-hydrogen) atoms. The maximum atomic E-state index is 14.0. The molecule has 0 unspecified atom stereocenters. The van der Waals surface area contributed by atoms with Gasteiger partial charge in [-0.15, -0.1) is 0 Å². The molecule has 6 aromatic rings. The quantitative estimate of drug-likeness (QED) is 0.228. The summed E-state index contributed by atoms with van der Waals surface area (Å²) in [5.41, 5.74) is 6.27. The summed E-state index contributed by atoms with van der Waals surface area (Å²) in [6.45, 7) is 1.92. The molecule has 0 aliphatic carbocycles. The van der Waals surface area contributed by atoms with Gasteiger partial charge in [-0.1, -0.05) is 12.1 Å². The Labute approximate surface area is 222 Å². The average molecular weight is 521 g/mol. The molecule has 1 fully saturated rings. The van der Waals surface area contributed by atoms with Crippen molar-refractivity contribution in [3.63, 3.8) is 0 Å². The van der Waals surface area contributed by atoms with E-state index < -0.39 is 5.82 Å². The van der Waals surface area contributed by atoms with Crippen molar-refractivity contribution in [1.82, 2.24) is 30.5 Å². The monoisotopic (exact) mass is 520 g/mol. The second-order valence-corrected chi connectivity index (χ2v) is 9.81. The summed E-state index contributed by atoms with van der Waals surface area (Å²) in [6.07, 6.45) is 7.42. The standard InChI is InChI=1S/C30H25FN6O2/c31-19-8-17(9-20(38)11-19)23-2-1-3-26-24(23)12-28(35-26)30-25-13-27(34-16-29(25)36-37-30)18-10-22(15-33-14-18)39-21-4-6-32-7-5-21/h1-3,8-16,21,32,35,38H,4-7H2,(H,36,37). The van der Waals surface area contributed by atoms with E-state index in [2.05, 4.69) is 30.5 Å². The molecule has 4 N–H and O–H groups in total. The van der Waals surface area contributed by atoms with E-state index in [1.54, 1.807) is 24.7 Å². The van der Waals surface area contributed by atoms with Gasteiger partial charge in [-0.2, -0.15) is 5.10 Å². The third-order valence-electron chi connectivity index (χ3n) is 7.16. The minimum atomic E-state index is -0.490. The van der Waals surface area contributed by atoms with E-state index >= 15 is 0 Å². The maximum Gasteiger partial charge on any atom is 0.138 e. The highest BCUT2D eigenvalue weighted by atomic mass is 19.1. The van der Waals surface area contributed by atoms with Crippen LogP contribution in [0.3, 0.4) is 0 Å². The van der Waals surface area contributed by atoms with Crippen LogP contribution in [0.15, 0.2) is 73.2 Å². The third-order valence-corrected chi connectivity index (χ3v) is 7.16. The van der Waals surface area contributed by atoms with E-state index in [4.69, 9.17) is 4.74 Å². The van der Waals surface area contributed by atoms with Gasteiger partial charge in [0.2, 0.25) is 0 Å². The van der Waals surface area contributed by atoms with E-state index in [0.29, 0.717) is 5.56 Å². The van der Waals surface area contributed by atoms with Crippen LogP contribution in [0.4, 0.5) is 4.39 Å². The van der Waals surface area contributed by atoms with Crippen molar-refractivity contribution in [1.29, 1.82) is 0 Å². The zero-order valence-corrected chi connectivity index (χ0v) is 20.9. The number of hydrogen-bond donors (Lipinski definition) is 4. The molecule has 0 radical (unpaired) electrons. The molecule has 8 nitrogen and oxygen atoms in total. The molecule has 9 heteroatoms. The van der Waals surface area contributed by atoms with Gasteiger partial charge in [0.05, 0.1) is 29.3 Å². The molecule has 4 aromatic heterocycles. The first-order chi connectivity index (χ1) is 19.1.